The van der Waals surface area contributed by atoms with Crippen molar-refractivity contribution in [2.75, 3.05) is 0 Å². The number of aromatic nitrogens is 4. The number of hydrogen-bond donors (Lipinski definition) is 2. The van der Waals surface area contributed by atoms with Crippen LogP contribution < -0.4 is 11.2 Å². The lowest BCUT2D eigenvalue weighted by molar-refractivity contribution is -0.104. The number of nitrogens with one attached hydrogen (secondary N) is 2. The fourth-order valence-electron chi connectivity index (χ4n) is 1.33. The van der Waals surface area contributed by atoms with Crippen LogP contribution in [0.2, 0.25) is 0 Å². The topological polar surface area (TPSA) is 101 Å². The number of carbonyl (C=O) groups is 1. The lowest BCUT2D eigenvalue weighted by Gasteiger charge is -1.94. The molecule has 2 aromatic rings. The van der Waals surface area contributed by atoms with E-state index in [4.69, 9.17) is 0 Å². The van der Waals surface area contributed by atoms with Crippen molar-refractivity contribution in [3.63, 3.8) is 0 Å². The van der Waals surface area contributed by atoms with Crippen molar-refractivity contribution in [3.8, 4) is 0 Å². The summed E-state index contributed by atoms with van der Waals surface area (Å²) in [5.41, 5.74) is -0.613. The third kappa shape index (κ3) is 1.48. The van der Waals surface area contributed by atoms with Crippen molar-refractivity contribution < 1.29 is 4.79 Å². The van der Waals surface area contributed by atoms with E-state index in [0.717, 1.165) is 0 Å². The molecule has 0 atom stereocenters. The van der Waals surface area contributed by atoms with Gasteiger partial charge >= 0.3 is 5.69 Å². The molecule has 0 aliphatic rings. The first-order valence-corrected chi connectivity index (χ1v) is 4.44. The normalized spacial score (nSPS) is 11.3. The van der Waals surface area contributed by atoms with Gasteiger partial charge in [-0.3, -0.25) is 19.1 Å². The highest BCUT2D eigenvalue weighted by Crippen LogP contribution is 2.04. The molecule has 0 saturated carbocycles. The molecule has 7 heteroatoms. The Balaban J connectivity index is 2.79. The van der Waals surface area contributed by atoms with Crippen LogP contribution in [-0.2, 0) is 11.8 Å². The molecule has 2 N–H and O–H groups in total. The van der Waals surface area contributed by atoms with Gasteiger partial charge in [0, 0.05) is 7.05 Å². The predicted molar refractivity (Wildman–Crippen MR) is 57.1 cm³/mol. The lowest BCUT2D eigenvalue weighted by atomic mass is 10.5. The maximum Gasteiger partial charge on any atom is 0.329 e. The highest BCUT2D eigenvalue weighted by Gasteiger charge is 2.08. The Morgan fingerprint density at radius 2 is 2.06 bits per heavy atom. The fraction of sp³-hybridized carbons (Fsp3) is 0.111. The highest BCUT2D eigenvalue weighted by molar-refractivity contribution is 5.76. The van der Waals surface area contributed by atoms with Gasteiger partial charge in [-0.2, -0.15) is 0 Å². The maximum absolute atomic E-state index is 11.4. The molecule has 0 bridgehead atoms. The third-order valence-corrected chi connectivity index (χ3v) is 2.11. The van der Waals surface area contributed by atoms with E-state index in [-0.39, 0.29) is 11.2 Å². The molecule has 7 nitrogen and oxygen atoms in total. The molecule has 0 aromatic carbocycles. The van der Waals surface area contributed by atoms with E-state index in [1.54, 1.807) is 0 Å². The van der Waals surface area contributed by atoms with Crippen molar-refractivity contribution in [1.29, 1.82) is 0 Å². The number of aldehydes is 1. The molecule has 2 heterocycles. The zero-order chi connectivity index (χ0) is 11.7. The number of allylic oxidation sites excluding steroid dienone is 1. The molecule has 0 amide bonds. The number of hydrogen-bond acceptors (Lipinski definition) is 4. The van der Waals surface area contributed by atoms with Crippen molar-refractivity contribution >= 4 is 23.5 Å². The molecule has 0 radical (unpaired) electrons. The van der Waals surface area contributed by atoms with Crippen molar-refractivity contribution in [3.05, 3.63) is 32.7 Å². The molecule has 82 valence electrons. The largest absolute Gasteiger partial charge is 0.333 e. The molecule has 16 heavy (non-hydrogen) atoms. The lowest BCUT2D eigenvalue weighted by Crippen LogP contribution is -2.28. The average Bonchev–Trinajstić information content (AvgIpc) is 2.68. The van der Waals surface area contributed by atoms with Gasteiger partial charge < -0.3 is 4.98 Å². The molecular weight excluding hydrogens is 212 g/mol. The van der Waals surface area contributed by atoms with Crippen LogP contribution in [0, 0.1) is 0 Å². The van der Waals surface area contributed by atoms with E-state index in [1.807, 2.05) is 0 Å². The third-order valence-electron chi connectivity index (χ3n) is 2.11. The number of aromatic amines is 2. The number of aryl methyl sites for hydroxylation is 1. The molecule has 2 aromatic heterocycles. The van der Waals surface area contributed by atoms with Gasteiger partial charge in [0.15, 0.2) is 5.65 Å². The zero-order valence-corrected chi connectivity index (χ0v) is 8.35. The average molecular weight is 220 g/mol. The Morgan fingerprint density at radius 1 is 1.31 bits per heavy atom. The second-order valence-corrected chi connectivity index (χ2v) is 3.13. The van der Waals surface area contributed by atoms with Gasteiger partial charge in [0.1, 0.15) is 17.6 Å². The predicted octanol–water partition coefficient (Wildman–Crippen LogP) is -0.838. The molecule has 0 spiro atoms. The summed E-state index contributed by atoms with van der Waals surface area (Å²) < 4.78 is 1.21. The van der Waals surface area contributed by atoms with E-state index < -0.39 is 11.2 Å². The molecule has 0 aliphatic heterocycles. The Morgan fingerprint density at radius 3 is 2.75 bits per heavy atom. The van der Waals surface area contributed by atoms with E-state index in [9.17, 15) is 14.4 Å². The first-order chi connectivity index (χ1) is 7.63. The van der Waals surface area contributed by atoms with E-state index >= 15 is 0 Å². The first kappa shape index (κ1) is 10.1. The molecule has 0 unspecified atom stereocenters. The van der Waals surface area contributed by atoms with Gasteiger partial charge in [-0.25, -0.2) is 9.78 Å². The number of rotatable bonds is 2. The summed E-state index contributed by atoms with van der Waals surface area (Å²) in [6, 6.07) is 0. The van der Waals surface area contributed by atoms with Crippen LogP contribution in [0.25, 0.3) is 17.2 Å². The van der Waals surface area contributed by atoms with Gasteiger partial charge in [0.25, 0.3) is 5.56 Å². The second-order valence-electron chi connectivity index (χ2n) is 3.13. The number of imidazole rings is 1. The van der Waals surface area contributed by atoms with E-state index in [2.05, 4.69) is 15.0 Å². The Bertz CT molecular complexity index is 689. The highest BCUT2D eigenvalue weighted by atomic mass is 16.2. The quantitative estimate of drug-likeness (QED) is 0.509. The van der Waals surface area contributed by atoms with Crippen LogP contribution >= 0.6 is 0 Å². The van der Waals surface area contributed by atoms with Crippen molar-refractivity contribution in [1.82, 2.24) is 19.5 Å². The van der Waals surface area contributed by atoms with Gasteiger partial charge in [0.05, 0.1) is 0 Å². The zero-order valence-electron chi connectivity index (χ0n) is 8.35. The number of carbonyl (C=O) groups excluding carboxylic acids is 1. The molecule has 0 saturated heterocycles. The minimum Gasteiger partial charge on any atom is -0.333 e. The maximum atomic E-state index is 11.4. The summed E-state index contributed by atoms with van der Waals surface area (Å²) in [6.07, 6.45) is 3.25. The minimum absolute atomic E-state index is 0.202. The van der Waals surface area contributed by atoms with Gasteiger partial charge in [-0.1, -0.05) is 0 Å². The summed E-state index contributed by atoms with van der Waals surface area (Å²) in [5.74, 6) is 0.341. The number of nitrogens with zero attached hydrogens (tertiary/aromatic N) is 2. The smallest absolute Gasteiger partial charge is 0.329 e. The van der Waals surface area contributed by atoms with E-state index in [1.165, 1.54) is 23.8 Å². The summed E-state index contributed by atoms with van der Waals surface area (Å²) in [5, 5.41) is 0. The monoisotopic (exact) mass is 220 g/mol. The van der Waals surface area contributed by atoms with Gasteiger partial charge in [-0.05, 0) is 12.2 Å². The number of fused-ring (bicyclic) bond motifs is 1. The summed E-state index contributed by atoms with van der Waals surface area (Å²) in [7, 11) is 1.49. The van der Waals surface area contributed by atoms with Gasteiger partial charge in [-0.15, -0.1) is 0 Å². The Kier molecular flexibility index (Phi) is 2.28. The van der Waals surface area contributed by atoms with Gasteiger partial charge in [0.2, 0.25) is 0 Å². The Labute approximate surface area is 88.4 Å². The standard InChI is InChI=1S/C9H8N4O3/c1-13-7-6(8(15)12-9(13)16)10-5(11-7)3-2-4-14/h2-4H,1H3,(H,10,11)(H,12,15,16). The van der Waals surface area contributed by atoms with Crippen LogP contribution in [0.3, 0.4) is 0 Å². The first-order valence-electron chi connectivity index (χ1n) is 4.44. The molecule has 0 fully saturated rings. The minimum atomic E-state index is -0.532. The second kappa shape index (κ2) is 3.61. The van der Waals surface area contributed by atoms with Crippen molar-refractivity contribution in [2.45, 2.75) is 0 Å². The van der Waals surface area contributed by atoms with E-state index in [0.29, 0.717) is 12.1 Å². The summed E-state index contributed by atoms with van der Waals surface area (Å²) in [6.45, 7) is 0. The molecule has 0 aliphatic carbocycles. The molecule has 2 rings (SSSR count). The summed E-state index contributed by atoms with van der Waals surface area (Å²) in [4.78, 5) is 41.6. The van der Waals surface area contributed by atoms with Crippen LogP contribution in [0.1, 0.15) is 5.82 Å². The fourth-order valence-corrected chi connectivity index (χ4v) is 1.33. The Hall–Kier alpha value is -2.44. The summed E-state index contributed by atoms with van der Waals surface area (Å²) >= 11 is 0. The van der Waals surface area contributed by atoms with Crippen LogP contribution in [0.4, 0.5) is 0 Å². The molecular formula is C9H8N4O3. The van der Waals surface area contributed by atoms with Crippen LogP contribution in [0.5, 0.6) is 0 Å². The number of H-pyrrole nitrogens is 2. The van der Waals surface area contributed by atoms with Crippen LogP contribution in [0.15, 0.2) is 15.7 Å². The van der Waals surface area contributed by atoms with Crippen LogP contribution in [-0.4, -0.2) is 25.8 Å². The SMILES string of the molecule is Cn1c(=O)[nH]c(=O)c2[nH]c(C=CC=O)nc21. The van der Waals surface area contributed by atoms with Crippen molar-refractivity contribution in [2.24, 2.45) is 7.05 Å².